The third kappa shape index (κ3) is 4.36. The van der Waals surface area contributed by atoms with Crippen LogP contribution in [0.1, 0.15) is 5.69 Å². The molecule has 1 aromatic carbocycles. The zero-order valence-electron chi connectivity index (χ0n) is 10.9. The van der Waals surface area contributed by atoms with E-state index >= 15 is 0 Å². The number of halogens is 4. The highest BCUT2D eigenvalue weighted by atomic mass is 35.5. The summed E-state index contributed by atoms with van der Waals surface area (Å²) in [5.41, 5.74) is 1.35. The number of carboxylic acids is 1. The Labute approximate surface area is 128 Å². The molecule has 8 heteroatoms. The van der Waals surface area contributed by atoms with Crippen molar-refractivity contribution in [3.8, 4) is 16.9 Å². The average Bonchev–Trinajstić information content (AvgIpc) is 2.40. The summed E-state index contributed by atoms with van der Waals surface area (Å²) in [4.78, 5) is 14.6. The van der Waals surface area contributed by atoms with Crippen molar-refractivity contribution < 1.29 is 27.8 Å². The molecule has 0 saturated carbocycles. The Morgan fingerprint density at radius 3 is 2.36 bits per heavy atom. The number of aromatic nitrogens is 1. The second kappa shape index (κ2) is 6.23. The highest BCUT2D eigenvalue weighted by Gasteiger charge is 2.30. The van der Waals surface area contributed by atoms with E-state index < -0.39 is 12.3 Å². The SMILES string of the molecule is O=C(O)Cc1ncc(-c2ccc(OC(F)(F)F)cc2)cc1Cl. The predicted octanol–water partition coefficient (Wildman–Crippen LogP) is 3.93. The molecule has 0 atom stereocenters. The van der Waals surface area contributed by atoms with Gasteiger partial charge >= 0.3 is 12.3 Å². The molecule has 1 aromatic heterocycles. The van der Waals surface area contributed by atoms with E-state index in [1.54, 1.807) is 0 Å². The van der Waals surface area contributed by atoms with Gasteiger partial charge in [0.2, 0.25) is 0 Å². The minimum absolute atomic E-state index is 0.176. The van der Waals surface area contributed by atoms with Gasteiger partial charge in [0.15, 0.2) is 0 Å². The van der Waals surface area contributed by atoms with Gasteiger partial charge in [-0.1, -0.05) is 23.7 Å². The smallest absolute Gasteiger partial charge is 0.481 e. The van der Waals surface area contributed by atoms with Gasteiger partial charge in [0, 0.05) is 11.8 Å². The van der Waals surface area contributed by atoms with E-state index in [4.69, 9.17) is 16.7 Å². The Morgan fingerprint density at radius 2 is 1.86 bits per heavy atom. The third-order valence-electron chi connectivity index (χ3n) is 2.66. The van der Waals surface area contributed by atoms with Crippen LogP contribution in [0, 0.1) is 0 Å². The molecule has 2 aromatic rings. The van der Waals surface area contributed by atoms with Crippen molar-refractivity contribution in [1.29, 1.82) is 0 Å². The molecular formula is C14H9ClF3NO3. The fourth-order valence-corrected chi connectivity index (χ4v) is 1.98. The lowest BCUT2D eigenvalue weighted by molar-refractivity contribution is -0.274. The fraction of sp³-hybridized carbons (Fsp3) is 0.143. The zero-order chi connectivity index (χ0) is 16.3. The van der Waals surface area contributed by atoms with Crippen molar-refractivity contribution in [3.63, 3.8) is 0 Å². The summed E-state index contributed by atoms with van der Waals surface area (Å²) >= 11 is 5.94. The lowest BCUT2D eigenvalue weighted by atomic mass is 10.1. The predicted molar refractivity (Wildman–Crippen MR) is 72.7 cm³/mol. The maximum absolute atomic E-state index is 12.1. The lowest BCUT2D eigenvalue weighted by Gasteiger charge is -2.09. The molecule has 1 heterocycles. The second-order valence-corrected chi connectivity index (χ2v) is 4.70. The number of ether oxygens (including phenoxy) is 1. The highest BCUT2D eigenvalue weighted by Crippen LogP contribution is 2.28. The number of carboxylic acid groups (broad SMARTS) is 1. The van der Waals surface area contributed by atoms with Gasteiger partial charge in [-0.15, -0.1) is 13.2 Å². The van der Waals surface area contributed by atoms with E-state index in [1.165, 1.54) is 36.5 Å². The molecule has 0 spiro atoms. The van der Waals surface area contributed by atoms with Crippen LogP contribution in [0.5, 0.6) is 5.75 Å². The monoisotopic (exact) mass is 331 g/mol. The van der Waals surface area contributed by atoms with Crippen LogP contribution in [-0.2, 0) is 11.2 Å². The minimum Gasteiger partial charge on any atom is -0.481 e. The summed E-state index contributed by atoms with van der Waals surface area (Å²) in [6, 6.07) is 6.69. The van der Waals surface area contributed by atoms with Crippen LogP contribution in [0.15, 0.2) is 36.5 Å². The fourth-order valence-electron chi connectivity index (χ4n) is 1.75. The van der Waals surface area contributed by atoms with Crippen molar-refractivity contribution in [2.75, 3.05) is 0 Å². The van der Waals surface area contributed by atoms with Gasteiger partial charge in [-0.3, -0.25) is 9.78 Å². The number of alkyl halides is 3. The number of carbonyl (C=O) groups is 1. The quantitative estimate of drug-likeness (QED) is 0.922. The van der Waals surface area contributed by atoms with Crippen LogP contribution < -0.4 is 4.74 Å². The van der Waals surface area contributed by atoms with Gasteiger partial charge < -0.3 is 9.84 Å². The van der Waals surface area contributed by atoms with Crippen LogP contribution >= 0.6 is 11.6 Å². The number of hydrogen-bond acceptors (Lipinski definition) is 3. The van der Waals surface area contributed by atoms with Crippen molar-refractivity contribution in [2.45, 2.75) is 12.8 Å². The first-order valence-corrected chi connectivity index (χ1v) is 6.35. The van der Waals surface area contributed by atoms with E-state index in [2.05, 4.69) is 9.72 Å². The Kier molecular flexibility index (Phi) is 4.56. The van der Waals surface area contributed by atoms with Crippen molar-refractivity contribution in [1.82, 2.24) is 4.98 Å². The molecule has 0 amide bonds. The summed E-state index contributed by atoms with van der Waals surface area (Å²) in [5, 5.41) is 8.87. The molecule has 4 nitrogen and oxygen atoms in total. The molecule has 0 fully saturated rings. The van der Waals surface area contributed by atoms with Crippen LogP contribution in [0.3, 0.4) is 0 Å². The molecule has 0 unspecified atom stereocenters. The van der Waals surface area contributed by atoms with E-state index in [9.17, 15) is 18.0 Å². The van der Waals surface area contributed by atoms with Crippen molar-refractivity contribution in [3.05, 3.63) is 47.2 Å². The molecule has 2 rings (SSSR count). The molecular weight excluding hydrogens is 323 g/mol. The number of benzene rings is 1. The van der Waals surface area contributed by atoms with Gasteiger partial charge in [0.05, 0.1) is 17.1 Å². The topological polar surface area (TPSA) is 59.4 Å². The molecule has 0 saturated heterocycles. The molecule has 22 heavy (non-hydrogen) atoms. The lowest BCUT2D eigenvalue weighted by Crippen LogP contribution is -2.16. The molecule has 116 valence electrons. The molecule has 0 radical (unpaired) electrons. The number of rotatable bonds is 4. The van der Waals surface area contributed by atoms with E-state index in [1.807, 2.05) is 0 Å². The van der Waals surface area contributed by atoms with Crippen molar-refractivity contribution in [2.24, 2.45) is 0 Å². The Morgan fingerprint density at radius 1 is 1.23 bits per heavy atom. The summed E-state index contributed by atoms with van der Waals surface area (Å²) in [6.45, 7) is 0. The summed E-state index contributed by atoms with van der Waals surface area (Å²) in [7, 11) is 0. The number of nitrogens with zero attached hydrogens (tertiary/aromatic N) is 1. The number of pyridine rings is 1. The Bertz CT molecular complexity index is 687. The third-order valence-corrected chi connectivity index (χ3v) is 2.98. The maximum atomic E-state index is 12.1. The van der Waals surface area contributed by atoms with E-state index in [0.29, 0.717) is 11.1 Å². The van der Waals surface area contributed by atoms with Crippen molar-refractivity contribution >= 4 is 17.6 Å². The summed E-state index contributed by atoms with van der Waals surface area (Å²) in [5.74, 6) is -1.39. The second-order valence-electron chi connectivity index (χ2n) is 4.30. The molecule has 1 N–H and O–H groups in total. The minimum atomic E-state index is -4.75. The van der Waals surface area contributed by atoms with E-state index in [-0.39, 0.29) is 22.9 Å². The van der Waals surface area contributed by atoms with E-state index in [0.717, 1.165) is 0 Å². The highest BCUT2D eigenvalue weighted by molar-refractivity contribution is 6.31. The van der Waals surface area contributed by atoms with Gasteiger partial charge in [-0.05, 0) is 23.8 Å². The first-order chi connectivity index (χ1) is 10.2. The number of aliphatic carboxylic acids is 1. The van der Waals surface area contributed by atoms with Gasteiger partial charge in [-0.25, -0.2) is 0 Å². The first kappa shape index (κ1) is 16.1. The number of hydrogen-bond donors (Lipinski definition) is 1. The summed E-state index contributed by atoms with van der Waals surface area (Å²) in [6.07, 6.45) is -3.65. The standard InChI is InChI=1S/C14H9ClF3NO3/c15-11-5-9(7-19-12(11)6-13(20)21)8-1-3-10(4-2-8)22-14(16,17)18/h1-5,7H,6H2,(H,20,21). The largest absolute Gasteiger partial charge is 0.573 e. The Hall–Kier alpha value is -2.28. The first-order valence-electron chi connectivity index (χ1n) is 5.97. The van der Waals surface area contributed by atoms with Crippen LogP contribution in [0.25, 0.3) is 11.1 Å². The zero-order valence-corrected chi connectivity index (χ0v) is 11.6. The molecule has 0 aliphatic heterocycles. The van der Waals surface area contributed by atoms with Gasteiger partial charge in [0.1, 0.15) is 5.75 Å². The average molecular weight is 332 g/mol. The van der Waals surface area contributed by atoms with Gasteiger partial charge in [0.25, 0.3) is 0 Å². The normalized spacial score (nSPS) is 11.3. The van der Waals surface area contributed by atoms with Gasteiger partial charge in [-0.2, -0.15) is 0 Å². The van der Waals surface area contributed by atoms with Crippen LogP contribution in [-0.4, -0.2) is 22.4 Å². The molecule has 0 aliphatic rings. The van der Waals surface area contributed by atoms with Crippen LogP contribution in [0.2, 0.25) is 5.02 Å². The van der Waals surface area contributed by atoms with Crippen LogP contribution in [0.4, 0.5) is 13.2 Å². The maximum Gasteiger partial charge on any atom is 0.573 e. The molecule has 0 bridgehead atoms. The molecule has 0 aliphatic carbocycles. The summed E-state index contributed by atoms with van der Waals surface area (Å²) < 4.78 is 40.0. The Balaban J connectivity index is 2.21.